The molecule has 2 rings (SSSR count). The molecule has 0 bridgehead atoms. The summed E-state index contributed by atoms with van der Waals surface area (Å²) in [7, 11) is 0. The second-order valence-electron chi connectivity index (χ2n) is 6.82. The van der Waals surface area contributed by atoms with E-state index in [4.69, 9.17) is 10.3 Å². The Hall–Kier alpha value is -1.92. The molecule has 0 unspecified atom stereocenters. The minimum atomic E-state index is -0.271. The minimum Gasteiger partial charge on any atom is -0.369 e. The van der Waals surface area contributed by atoms with E-state index in [1.54, 1.807) is 4.90 Å². The van der Waals surface area contributed by atoms with Gasteiger partial charge in [0.1, 0.15) is 0 Å². The molecular formula is C15H24N4O3. The zero-order valence-electron chi connectivity index (χ0n) is 13.5. The highest BCUT2D eigenvalue weighted by atomic mass is 16.5. The molecule has 122 valence electrons. The molecule has 2 amide bonds. The van der Waals surface area contributed by atoms with Crippen LogP contribution in [0.3, 0.4) is 0 Å². The van der Waals surface area contributed by atoms with Gasteiger partial charge in [0, 0.05) is 37.3 Å². The smallest absolute Gasteiger partial charge is 0.227 e. The van der Waals surface area contributed by atoms with E-state index in [0.29, 0.717) is 50.5 Å². The van der Waals surface area contributed by atoms with Gasteiger partial charge in [0.2, 0.25) is 17.7 Å². The van der Waals surface area contributed by atoms with E-state index >= 15 is 0 Å². The zero-order chi connectivity index (χ0) is 16.3. The van der Waals surface area contributed by atoms with Crippen molar-refractivity contribution in [2.45, 2.75) is 51.9 Å². The first-order valence-corrected chi connectivity index (χ1v) is 7.67. The Kier molecular flexibility index (Phi) is 4.83. The van der Waals surface area contributed by atoms with Gasteiger partial charge in [0.25, 0.3) is 0 Å². The maximum Gasteiger partial charge on any atom is 0.227 e. The van der Waals surface area contributed by atoms with E-state index in [0.717, 1.165) is 0 Å². The molecule has 7 heteroatoms. The van der Waals surface area contributed by atoms with Crippen LogP contribution in [0.15, 0.2) is 4.52 Å². The largest absolute Gasteiger partial charge is 0.369 e. The van der Waals surface area contributed by atoms with Gasteiger partial charge in [0.05, 0.1) is 0 Å². The minimum absolute atomic E-state index is 0.0541. The summed E-state index contributed by atoms with van der Waals surface area (Å²) in [5.41, 5.74) is 5.13. The van der Waals surface area contributed by atoms with Crippen LogP contribution >= 0.6 is 0 Å². The molecule has 0 atom stereocenters. The molecule has 0 radical (unpaired) electrons. The number of carbonyl (C=O) groups excluding carboxylic acids is 2. The number of amides is 2. The van der Waals surface area contributed by atoms with E-state index in [-0.39, 0.29) is 23.1 Å². The first kappa shape index (κ1) is 16.5. The fourth-order valence-corrected chi connectivity index (χ4v) is 2.45. The second kappa shape index (κ2) is 6.46. The number of primary amides is 1. The van der Waals surface area contributed by atoms with Gasteiger partial charge in [-0.2, -0.15) is 4.98 Å². The number of nitrogens with zero attached hydrogens (tertiary/aromatic N) is 3. The molecule has 1 aromatic rings. The number of hydrogen-bond donors (Lipinski definition) is 1. The predicted molar refractivity (Wildman–Crippen MR) is 79.8 cm³/mol. The number of aromatic nitrogens is 2. The van der Waals surface area contributed by atoms with Crippen molar-refractivity contribution in [3.8, 4) is 0 Å². The van der Waals surface area contributed by atoms with Crippen molar-refractivity contribution in [1.29, 1.82) is 0 Å². The molecule has 0 saturated carbocycles. The van der Waals surface area contributed by atoms with E-state index < -0.39 is 0 Å². The Morgan fingerprint density at radius 1 is 1.32 bits per heavy atom. The average Bonchev–Trinajstić information content (AvgIpc) is 2.94. The van der Waals surface area contributed by atoms with Crippen molar-refractivity contribution in [2.24, 2.45) is 11.7 Å². The third kappa shape index (κ3) is 4.05. The third-order valence-corrected chi connectivity index (χ3v) is 3.94. The highest BCUT2D eigenvalue weighted by Crippen LogP contribution is 2.20. The van der Waals surface area contributed by atoms with Crippen molar-refractivity contribution in [3.05, 3.63) is 11.7 Å². The van der Waals surface area contributed by atoms with Crippen molar-refractivity contribution >= 4 is 11.8 Å². The van der Waals surface area contributed by atoms with Crippen LogP contribution in [0.5, 0.6) is 0 Å². The molecule has 1 aromatic heterocycles. The fraction of sp³-hybridized carbons (Fsp3) is 0.733. The van der Waals surface area contributed by atoms with Crippen molar-refractivity contribution in [3.63, 3.8) is 0 Å². The monoisotopic (exact) mass is 308 g/mol. The molecule has 7 nitrogen and oxygen atoms in total. The SMILES string of the molecule is CC(C)(C)c1noc(CCC(=O)N2CCC(C(N)=O)CC2)n1. The molecule has 22 heavy (non-hydrogen) atoms. The summed E-state index contributed by atoms with van der Waals surface area (Å²) in [5, 5.41) is 3.94. The van der Waals surface area contributed by atoms with Crippen LogP contribution in [0.25, 0.3) is 0 Å². The van der Waals surface area contributed by atoms with Gasteiger partial charge in [-0.15, -0.1) is 0 Å². The summed E-state index contributed by atoms with van der Waals surface area (Å²) in [5.74, 6) is 0.822. The number of piperidine rings is 1. The maximum absolute atomic E-state index is 12.2. The summed E-state index contributed by atoms with van der Waals surface area (Å²) < 4.78 is 5.18. The van der Waals surface area contributed by atoms with Gasteiger partial charge in [-0.25, -0.2) is 0 Å². The maximum atomic E-state index is 12.2. The fourth-order valence-electron chi connectivity index (χ4n) is 2.45. The Morgan fingerprint density at radius 3 is 2.45 bits per heavy atom. The van der Waals surface area contributed by atoms with Crippen LogP contribution in [0.4, 0.5) is 0 Å². The van der Waals surface area contributed by atoms with Crippen molar-refractivity contribution in [1.82, 2.24) is 15.0 Å². The first-order valence-electron chi connectivity index (χ1n) is 7.67. The third-order valence-electron chi connectivity index (χ3n) is 3.94. The molecule has 2 heterocycles. The molecule has 1 saturated heterocycles. The lowest BCUT2D eigenvalue weighted by atomic mass is 9.96. The molecule has 0 aliphatic carbocycles. The number of aryl methyl sites for hydroxylation is 1. The van der Waals surface area contributed by atoms with Crippen molar-refractivity contribution < 1.29 is 14.1 Å². The van der Waals surface area contributed by atoms with Gasteiger partial charge in [-0.1, -0.05) is 25.9 Å². The highest BCUT2D eigenvalue weighted by Gasteiger charge is 2.26. The van der Waals surface area contributed by atoms with Gasteiger partial charge in [-0.05, 0) is 12.8 Å². The van der Waals surface area contributed by atoms with Gasteiger partial charge in [-0.3, -0.25) is 9.59 Å². The molecular weight excluding hydrogens is 284 g/mol. The number of nitrogens with two attached hydrogens (primary N) is 1. The average molecular weight is 308 g/mol. The van der Waals surface area contributed by atoms with Crippen LogP contribution in [-0.4, -0.2) is 39.9 Å². The van der Waals surface area contributed by atoms with Gasteiger partial charge >= 0.3 is 0 Å². The van der Waals surface area contributed by atoms with Gasteiger partial charge < -0.3 is 15.2 Å². The molecule has 1 fully saturated rings. The lowest BCUT2D eigenvalue weighted by Gasteiger charge is -2.30. The van der Waals surface area contributed by atoms with E-state index in [1.807, 2.05) is 20.8 Å². The van der Waals surface area contributed by atoms with Crippen molar-refractivity contribution in [2.75, 3.05) is 13.1 Å². The van der Waals surface area contributed by atoms with Crippen LogP contribution in [0, 0.1) is 5.92 Å². The van der Waals surface area contributed by atoms with Crippen LogP contribution in [-0.2, 0) is 21.4 Å². The Bertz CT molecular complexity index is 539. The molecule has 0 aromatic carbocycles. The zero-order valence-corrected chi connectivity index (χ0v) is 13.5. The summed E-state index contributed by atoms with van der Waals surface area (Å²) in [6.07, 6.45) is 2.08. The van der Waals surface area contributed by atoms with E-state index in [2.05, 4.69) is 10.1 Å². The second-order valence-corrected chi connectivity index (χ2v) is 6.82. The van der Waals surface area contributed by atoms with Gasteiger partial charge in [0.15, 0.2) is 5.82 Å². The van der Waals surface area contributed by atoms with E-state index in [9.17, 15) is 9.59 Å². The lowest BCUT2D eigenvalue weighted by Crippen LogP contribution is -2.41. The normalized spacial score (nSPS) is 16.8. The summed E-state index contributed by atoms with van der Waals surface area (Å²) >= 11 is 0. The quantitative estimate of drug-likeness (QED) is 0.894. The molecule has 1 aliphatic heterocycles. The molecule has 0 spiro atoms. The first-order chi connectivity index (χ1) is 10.3. The van der Waals surface area contributed by atoms with E-state index in [1.165, 1.54) is 0 Å². The Balaban J connectivity index is 1.81. The molecule has 2 N–H and O–H groups in total. The van der Waals surface area contributed by atoms with Crippen LogP contribution in [0.1, 0.15) is 51.7 Å². The lowest BCUT2D eigenvalue weighted by molar-refractivity contribution is -0.134. The number of likely N-dealkylation sites (tertiary alicyclic amines) is 1. The number of hydrogen-bond acceptors (Lipinski definition) is 5. The summed E-state index contributed by atoms with van der Waals surface area (Å²) in [6, 6.07) is 0. The predicted octanol–water partition coefficient (Wildman–Crippen LogP) is 1.02. The van der Waals surface area contributed by atoms with Crippen LogP contribution < -0.4 is 5.73 Å². The standard InChI is InChI=1S/C15H24N4O3/c1-15(2,3)14-17-11(22-18-14)4-5-12(20)19-8-6-10(7-9-19)13(16)21/h10H,4-9H2,1-3H3,(H2,16,21). The summed E-state index contributed by atoms with van der Waals surface area (Å²) in [6.45, 7) is 7.20. The number of rotatable bonds is 4. The number of carbonyl (C=O) groups is 2. The topological polar surface area (TPSA) is 102 Å². The molecule has 1 aliphatic rings. The Morgan fingerprint density at radius 2 is 1.95 bits per heavy atom. The summed E-state index contributed by atoms with van der Waals surface area (Å²) in [4.78, 5) is 29.4. The highest BCUT2D eigenvalue weighted by molar-refractivity contribution is 5.78. The Labute approximate surface area is 130 Å². The van der Waals surface area contributed by atoms with Crippen LogP contribution in [0.2, 0.25) is 0 Å².